The Bertz CT molecular complexity index is 449. The van der Waals surface area contributed by atoms with Crippen LogP contribution in [0.2, 0.25) is 0 Å². The molecule has 0 aliphatic heterocycles. The molecule has 1 aromatic carbocycles. The molecule has 94 valence electrons. The first kappa shape index (κ1) is 13.0. The molecule has 0 amide bonds. The summed E-state index contributed by atoms with van der Waals surface area (Å²) >= 11 is 0. The molecule has 1 atom stereocenters. The standard InChI is InChI=1S/C10H12FNO5/c1-17-6-3-5(13)10(16)8(9(6)11)4(12)2-7(14)15/h3-4,13,16H,2,12H2,1H3,(H,14,15). The second-order valence-electron chi connectivity index (χ2n) is 3.38. The number of carboxylic acid groups (broad SMARTS) is 1. The number of carboxylic acids is 1. The van der Waals surface area contributed by atoms with Crippen molar-refractivity contribution in [1.29, 1.82) is 0 Å². The summed E-state index contributed by atoms with van der Waals surface area (Å²) < 4.78 is 18.4. The van der Waals surface area contributed by atoms with Crippen LogP contribution in [0, 0.1) is 5.82 Å². The third kappa shape index (κ3) is 2.56. The van der Waals surface area contributed by atoms with Gasteiger partial charge in [0.2, 0.25) is 0 Å². The maximum atomic E-state index is 13.7. The van der Waals surface area contributed by atoms with E-state index in [2.05, 4.69) is 4.74 Å². The highest BCUT2D eigenvalue weighted by molar-refractivity contribution is 5.68. The molecule has 6 nitrogen and oxygen atoms in total. The van der Waals surface area contributed by atoms with Gasteiger partial charge in [-0.15, -0.1) is 0 Å². The Morgan fingerprint density at radius 2 is 2.18 bits per heavy atom. The van der Waals surface area contributed by atoms with Gasteiger partial charge in [0.05, 0.1) is 19.1 Å². The van der Waals surface area contributed by atoms with Crippen molar-refractivity contribution in [2.45, 2.75) is 12.5 Å². The number of hydrogen-bond acceptors (Lipinski definition) is 5. The number of halogens is 1. The summed E-state index contributed by atoms with van der Waals surface area (Å²) in [4.78, 5) is 10.5. The van der Waals surface area contributed by atoms with Gasteiger partial charge in [0.15, 0.2) is 23.1 Å². The molecule has 1 rings (SSSR count). The molecule has 0 fully saturated rings. The molecular weight excluding hydrogens is 233 g/mol. The number of aromatic hydroxyl groups is 2. The summed E-state index contributed by atoms with van der Waals surface area (Å²) in [5.74, 6) is -3.97. The number of methoxy groups -OCH3 is 1. The zero-order chi connectivity index (χ0) is 13.2. The van der Waals surface area contributed by atoms with Crippen molar-refractivity contribution in [2.75, 3.05) is 7.11 Å². The quantitative estimate of drug-likeness (QED) is 0.581. The van der Waals surface area contributed by atoms with Crippen LogP contribution < -0.4 is 10.5 Å². The summed E-state index contributed by atoms with van der Waals surface area (Å²) in [6.07, 6.45) is -0.586. The first-order valence-electron chi connectivity index (χ1n) is 4.64. The first-order valence-corrected chi connectivity index (χ1v) is 4.64. The van der Waals surface area contributed by atoms with Crippen LogP contribution >= 0.6 is 0 Å². The Kier molecular flexibility index (Phi) is 3.74. The number of phenols is 2. The number of benzene rings is 1. The highest BCUT2D eigenvalue weighted by atomic mass is 19.1. The minimum atomic E-state index is -1.28. The van der Waals surface area contributed by atoms with E-state index in [-0.39, 0.29) is 5.75 Å². The molecule has 0 spiro atoms. The molecule has 1 unspecified atom stereocenters. The fourth-order valence-corrected chi connectivity index (χ4v) is 1.41. The van der Waals surface area contributed by atoms with E-state index in [4.69, 9.17) is 10.8 Å². The monoisotopic (exact) mass is 245 g/mol. The molecule has 17 heavy (non-hydrogen) atoms. The van der Waals surface area contributed by atoms with E-state index in [0.717, 1.165) is 6.07 Å². The topological polar surface area (TPSA) is 113 Å². The maximum absolute atomic E-state index is 13.7. The van der Waals surface area contributed by atoms with E-state index in [9.17, 15) is 19.4 Å². The van der Waals surface area contributed by atoms with Gasteiger partial charge in [-0.2, -0.15) is 0 Å². The van der Waals surface area contributed by atoms with Gasteiger partial charge < -0.3 is 25.8 Å². The van der Waals surface area contributed by atoms with Crippen LogP contribution in [-0.4, -0.2) is 28.4 Å². The van der Waals surface area contributed by atoms with Crippen LogP contribution in [0.15, 0.2) is 6.07 Å². The van der Waals surface area contributed by atoms with E-state index < -0.39 is 41.3 Å². The summed E-state index contributed by atoms with van der Waals surface area (Å²) in [6.45, 7) is 0. The molecule has 0 radical (unpaired) electrons. The average molecular weight is 245 g/mol. The van der Waals surface area contributed by atoms with E-state index >= 15 is 0 Å². The number of ether oxygens (including phenoxy) is 1. The fraction of sp³-hybridized carbons (Fsp3) is 0.300. The molecule has 1 aromatic rings. The summed E-state index contributed by atoms with van der Waals surface area (Å²) in [5.41, 5.74) is 4.96. The van der Waals surface area contributed by atoms with Gasteiger partial charge in [0.1, 0.15) is 0 Å². The predicted molar refractivity (Wildman–Crippen MR) is 55.5 cm³/mol. The van der Waals surface area contributed by atoms with Gasteiger partial charge in [-0.3, -0.25) is 4.79 Å². The van der Waals surface area contributed by atoms with Crippen molar-refractivity contribution in [3.8, 4) is 17.2 Å². The van der Waals surface area contributed by atoms with E-state index in [0.29, 0.717) is 0 Å². The van der Waals surface area contributed by atoms with Crippen molar-refractivity contribution in [1.82, 2.24) is 0 Å². The van der Waals surface area contributed by atoms with Crippen LogP contribution in [0.25, 0.3) is 0 Å². The van der Waals surface area contributed by atoms with E-state index in [1.807, 2.05) is 0 Å². The summed E-state index contributed by atoms with van der Waals surface area (Å²) in [7, 11) is 1.17. The normalized spacial score (nSPS) is 12.2. The third-order valence-electron chi connectivity index (χ3n) is 2.20. The molecule has 0 aromatic heterocycles. The Balaban J connectivity index is 3.30. The van der Waals surface area contributed by atoms with Crippen LogP contribution in [0.5, 0.6) is 17.2 Å². The SMILES string of the molecule is COc1cc(O)c(O)c(C(N)CC(=O)O)c1F. The van der Waals surface area contributed by atoms with Crippen molar-refractivity contribution >= 4 is 5.97 Å². The van der Waals surface area contributed by atoms with Crippen molar-refractivity contribution in [3.05, 3.63) is 17.4 Å². The molecule has 0 saturated carbocycles. The number of aliphatic carboxylic acids is 1. The number of phenolic OH excluding ortho intramolecular Hbond substituents is 2. The van der Waals surface area contributed by atoms with Gasteiger partial charge in [-0.25, -0.2) is 4.39 Å². The third-order valence-corrected chi connectivity index (χ3v) is 2.20. The number of nitrogens with two attached hydrogens (primary N) is 1. The lowest BCUT2D eigenvalue weighted by Gasteiger charge is -2.15. The maximum Gasteiger partial charge on any atom is 0.305 e. The van der Waals surface area contributed by atoms with E-state index in [1.54, 1.807) is 0 Å². The minimum absolute atomic E-state index is 0.323. The number of carbonyl (C=O) groups is 1. The Morgan fingerprint density at radius 3 is 2.65 bits per heavy atom. The second-order valence-corrected chi connectivity index (χ2v) is 3.38. The minimum Gasteiger partial charge on any atom is -0.504 e. The van der Waals surface area contributed by atoms with Gasteiger partial charge in [-0.1, -0.05) is 0 Å². The van der Waals surface area contributed by atoms with Gasteiger partial charge in [0, 0.05) is 12.1 Å². The van der Waals surface area contributed by atoms with Crippen LogP contribution in [-0.2, 0) is 4.79 Å². The molecule has 0 heterocycles. The molecular formula is C10H12FNO5. The first-order chi connectivity index (χ1) is 7.88. The van der Waals surface area contributed by atoms with Crippen molar-refractivity contribution in [3.63, 3.8) is 0 Å². The van der Waals surface area contributed by atoms with Gasteiger partial charge in [0.25, 0.3) is 0 Å². The van der Waals surface area contributed by atoms with Crippen LogP contribution in [0.1, 0.15) is 18.0 Å². The summed E-state index contributed by atoms with van der Waals surface area (Å²) in [6, 6.07) is -0.407. The smallest absolute Gasteiger partial charge is 0.305 e. The molecule has 0 aliphatic rings. The lowest BCUT2D eigenvalue weighted by atomic mass is 10.0. The Hall–Kier alpha value is -2.02. The average Bonchev–Trinajstić information content (AvgIpc) is 2.22. The van der Waals surface area contributed by atoms with Gasteiger partial charge in [-0.05, 0) is 0 Å². The highest BCUT2D eigenvalue weighted by Gasteiger charge is 2.24. The molecule has 0 saturated heterocycles. The number of hydrogen-bond donors (Lipinski definition) is 4. The molecule has 7 heteroatoms. The Morgan fingerprint density at radius 1 is 1.59 bits per heavy atom. The number of rotatable bonds is 4. The van der Waals surface area contributed by atoms with E-state index in [1.165, 1.54) is 7.11 Å². The second kappa shape index (κ2) is 4.88. The zero-order valence-electron chi connectivity index (χ0n) is 8.98. The molecule has 5 N–H and O–H groups in total. The summed E-state index contributed by atoms with van der Waals surface area (Å²) in [5, 5.41) is 27.3. The van der Waals surface area contributed by atoms with Crippen LogP contribution in [0.4, 0.5) is 4.39 Å². The predicted octanol–water partition coefficient (Wildman–Crippen LogP) is 0.720. The lowest BCUT2D eigenvalue weighted by molar-refractivity contribution is -0.137. The highest BCUT2D eigenvalue weighted by Crippen LogP contribution is 2.40. The molecule has 0 aliphatic carbocycles. The fourth-order valence-electron chi connectivity index (χ4n) is 1.41. The lowest BCUT2D eigenvalue weighted by Crippen LogP contribution is -2.17. The zero-order valence-corrected chi connectivity index (χ0v) is 8.98. The van der Waals surface area contributed by atoms with Crippen molar-refractivity contribution in [2.24, 2.45) is 5.73 Å². The molecule has 0 bridgehead atoms. The Labute approximate surface area is 96.1 Å². The van der Waals surface area contributed by atoms with Crippen LogP contribution in [0.3, 0.4) is 0 Å². The van der Waals surface area contributed by atoms with Crippen molar-refractivity contribution < 1.29 is 29.2 Å². The largest absolute Gasteiger partial charge is 0.504 e. The van der Waals surface area contributed by atoms with Gasteiger partial charge >= 0.3 is 5.97 Å².